The van der Waals surface area contributed by atoms with Crippen LogP contribution in [0.4, 0.5) is 4.79 Å². The Balaban J connectivity index is 1.69. The van der Waals surface area contributed by atoms with Crippen molar-refractivity contribution >= 4 is 11.9 Å². The van der Waals surface area contributed by atoms with Gasteiger partial charge in [-0.3, -0.25) is 4.79 Å². The Morgan fingerprint density at radius 1 is 1.41 bits per heavy atom. The molecule has 0 aromatic carbocycles. The van der Waals surface area contributed by atoms with Gasteiger partial charge in [0.15, 0.2) is 0 Å². The summed E-state index contributed by atoms with van der Waals surface area (Å²) < 4.78 is 5.14. The predicted octanol–water partition coefficient (Wildman–Crippen LogP) is 2.16. The van der Waals surface area contributed by atoms with Crippen LogP contribution in [0.5, 0.6) is 0 Å². The number of hydrogen-bond acceptors (Lipinski definition) is 3. The first-order chi connectivity index (χ1) is 10.5. The summed E-state index contributed by atoms with van der Waals surface area (Å²) in [5.41, 5.74) is 0. The van der Waals surface area contributed by atoms with Crippen molar-refractivity contribution in [3.8, 4) is 0 Å². The molecule has 0 unspecified atom stereocenters. The topological polar surface area (TPSA) is 83.4 Å². The Hall–Kier alpha value is -1.98. The van der Waals surface area contributed by atoms with Gasteiger partial charge in [-0.15, -0.1) is 0 Å². The van der Waals surface area contributed by atoms with Crippen LogP contribution >= 0.6 is 0 Å². The van der Waals surface area contributed by atoms with Crippen molar-refractivity contribution in [3.05, 3.63) is 24.2 Å². The largest absolute Gasteiger partial charge is 0.467 e. The lowest BCUT2D eigenvalue weighted by atomic mass is 9.87. The van der Waals surface area contributed by atoms with Gasteiger partial charge in [-0.1, -0.05) is 19.8 Å². The van der Waals surface area contributed by atoms with Gasteiger partial charge in [0.05, 0.1) is 12.8 Å². The van der Waals surface area contributed by atoms with Crippen molar-refractivity contribution in [1.29, 1.82) is 0 Å². The van der Waals surface area contributed by atoms with Gasteiger partial charge in [0.1, 0.15) is 11.8 Å². The van der Waals surface area contributed by atoms with E-state index in [4.69, 9.17) is 4.42 Å². The van der Waals surface area contributed by atoms with E-state index in [1.54, 1.807) is 25.3 Å². The molecule has 0 aliphatic heterocycles. The van der Waals surface area contributed by atoms with E-state index in [0.717, 1.165) is 19.3 Å². The van der Waals surface area contributed by atoms with Gasteiger partial charge in [0, 0.05) is 6.04 Å². The first-order valence-corrected chi connectivity index (χ1v) is 7.91. The summed E-state index contributed by atoms with van der Waals surface area (Å²) in [5, 5.41) is 8.36. The van der Waals surface area contributed by atoms with Gasteiger partial charge in [-0.05, 0) is 37.8 Å². The molecule has 1 aromatic rings. The maximum Gasteiger partial charge on any atom is 0.315 e. The molecule has 1 aliphatic carbocycles. The predicted molar refractivity (Wildman–Crippen MR) is 83.1 cm³/mol. The molecule has 0 spiro atoms. The zero-order valence-electron chi connectivity index (χ0n) is 13.2. The monoisotopic (exact) mass is 307 g/mol. The van der Waals surface area contributed by atoms with Gasteiger partial charge >= 0.3 is 6.03 Å². The Morgan fingerprint density at radius 3 is 2.91 bits per heavy atom. The first-order valence-electron chi connectivity index (χ1n) is 7.91. The highest BCUT2D eigenvalue weighted by Crippen LogP contribution is 2.23. The fraction of sp³-hybridized carbons (Fsp3) is 0.625. The third kappa shape index (κ3) is 5.09. The number of amides is 3. The SMILES string of the molecule is C[C@@H]1CCC[C@@H](NC(=O)N[C@@H](C)C(=O)NCc2ccco2)C1. The standard InChI is InChI=1S/C16H25N3O3/c1-11-5-3-6-13(9-11)19-16(21)18-12(2)15(20)17-10-14-7-4-8-22-14/h4,7-8,11-13H,3,5-6,9-10H2,1-2H3,(H,17,20)(H2,18,19,21)/t11-,12+,13-/m1/s1. The van der Waals surface area contributed by atoms with Crippen molar-refractivity contribution in [1.82, 2.24) is 16.0 Å². The molecule has 1 fully saturated rings. The number of carbonyl (C=O) groups excluding carboxylic acids is 2. The quantitative estimate of drug-likeness (QED) is 0.779. The van der Waals surface area contributed by atoms with Crippen LogP contribution in [0, 0.1) is 5.92 Å². The second-order valence-electron chi connectivity index (χ2n) is 6.11. The minimum absolute atomic E-state index is 0.210. The number of rotatable bonds is 5. The fourth-order valence-electron chi connectivity index (χ4n) is 2.79. The van der Waals surface area contributed by atoms with E-state index >= 15 is 0 Å². The van der Waals surface area contributed by atoms with Gasteiger partial charge in [-0.25, -0.2) is 4.79 Å². The van der Waals surface area contributed by atoms with Crippen LogP contribution in [-0.4, -0.2) is 24.0 Å². The summed E-state index contributed by atoms with van der Waals surface area (Å²) in [5.74, 6) is 1.10. The third-order valence-corrected chi connectivity index (χ3v) is 4.03. The zero-order chi connectivity index (χ0) is 15.9. The molecule has 0 radical (unpaired) electrons. The molecule has 1 aliphatic rings. The maximum atomic E-state index is 11.9. The average molecular weight is 307 g/mol. The first kappa shape index (κ1) is 16.4. The lowest BCUT2D eigenvalue weighted by Crippen LogP contribution is -2.51. The molecule has 1 heterocycles. The minimum Gasteiger partial charge on any atom is -0.467 e. The molecule has 1 saturated carbocycles. The van der Waals surface area contributed by atoms with Crippen LogP contribution in [0.2, 0.25) is 0 Å². The van der Waals surface area contributed by atoms with E-state index in [1.807, 2.05) is 0 Å². The highest BCUT2D eigenvalue weighted by Gasteiger charge is 2.22. The van der Waals surface area contributed by atoms with Crippen molar-refractivity contribution in [2.45, 2.75) is 58.2 Å². The molecule has 0 saturated heterocycles. The summed E-state index contributed by atoms with van der Waals surface area (Å²) in [6, 6.07) is 2.90. The lowest BCUT2D eigenvalue weighted by Gasteiger charge is -2.28. The van der Waals surface area contributed by atoms with Crippen LogP contribution in [0.15, 0.2) is 22.8 Å². The second-order valence-corrected chi connectivity index (χ2v) is 6.11. The molecular formula is C16H25N3O3. The summed E-state index contributed by atoms with van der Waals surface area (Å²) in [6.07, 6.45) is 5.95. The van der Waals surface area contributed by atoms with E-state index in [0.29, 0.717) is 18.2 Å². The van der Waals surface area contributed by atoms with Crippen LogP contribution < -0.4 is 16.0 Å². The van der Waals surface area contributed by atoms with E-state index in [1.165, 1.54) is 6.42 Å². The van der Waals surface area contributed by atoms with Crippen LogP contribution in [-0.2, 0) is 11.3 Å². The maximum absolute atomic E-state index is 11.9. The molecule has 122 valence electrons. The molecule has 1 aromatic heterocycles. The van der Waals surface area contributed by atoms with Crippen molar-refractivity contribution in [2.24, 2.45) is 5.92 Å². The normalized spacial score (nSPS) is 22.6. The molecule has 2 rings (SSSR count). The van der Waals surface area contributed by atoms with Crippen molar-refractivity contribution in [3.63, 3.8) is 0 Å². The highest BCUT2D eigenvalue weighted by molar-refractivity contribution is 5.86. The summed E-state index contributed by atoms with van der Waals surface area (Å²) in [4.78, 5) is 23.9. The van der Waals surface area contributed by atoms with E-state index < -0.39 is 6.04 Å². The highest BCUT2D eigenvalue weighted by atomic mass is 16.3. The van der Waals surface area contributed by atoms with Crippen molar-refractivity contribution in [2.75, 3.05) is 0 Å². The van der Waals surface area contributed by atoms with Crippen molar-refractivity contribution < 1.29 is 14.0 Å². The molecule has 3 N–H and O–H groups in total. The fourth-order valence-corrected chi connectivity index (χ4v) is 2.79. The second kappa shape index (κ2) is 7.87. The molecule has 3 amide bonds. The summed E-state index contributed by atoms with van der Waals surface area (Å²) in [7, 11) is 0. The van der Waals surface area contributed by atoms with Gasteiger partial charge in [0.2, 0.25) is 5.91 Å². The molecule has 22 heavy (non-hydrogen) atoms. The molecular weight excluding hydrogens is 282 g/mol. The lowest BCUT2D eigenvalue weighted by molar-refractivity contribution is -0.122. The smallest absolute Gasteiger partial charge is 0.315 e. The van der Waals surface area contributed by atoms with Crippen LogP contribution in [0.3, 0.4) is 0 Å². The van der Waals surface area contributed by atoms with Crippen LogP contribution in [0.1, 0.15) is 45.3 Å². The van der Waals surface area contributed by atoms with Crippen LogP contribution in [0.25, 0.3) is 0 Å². The number of carbonyl (C=O) groups is 2. The molecule has 6 heteroatoms. The summed E-state index contributed by atoms with van der Waals surface area (Å²) in [6.45, 7) is 4.19. The van der Waals surface area contributed by atoms with Gasteiger partial charge in [-0.2, -0.15) is 0 Å². The van der Waals surface area contributed by atoms with Gasteiger partial charge < -0.3 is 20.4 Å². The number of furan rings is 1. The molecule has 0 bridgehead atoms. The van der Waals surface area contributed by atoms with E-state index in [2.05, 4.69) is 22.9 Å². The number of nitrogens with one attached hydrogen (secondary N) is 3. The average Bonchev–Trinajstić information content (AvgIpc) is 2.97. The van der Waals surface area contributed by atoms with E-state index in [9.17, 15) is 9.59 Å². The van der Waals surface area contributed by atoms with Gasteiger partial charge in [0.25, 0.3) is 0 Å². The number of hydrogen-bond donors (Lipinski definition) is 3. The summed E-state index contributed by atoms with van der Waals surface area (Å²) >= 11 is 0. The Kier molecular flexibility index (Phi) is 5.86. The third-order valence-electron chi connectivity index (χ3n) is 4.03. The Morgan fingerprint density at radius 2 is 2.23 bits per heavy atom. The van der Waals surface area contributed by atoms with E-state index in [-0.39, 0.29) is 18.0 Å². The number of urea groups is 1. The molecule has 6 nitrogen and oxygen atoms in total. The zero-order valence-corrected chi connectivity index (χ0v) is 13.2. The Labute approximate surface area is 131 Å². The molecule has 3 atom stereocenters. The minimum atomic E-state index is -0.587. The Bertz CT molecular complexity index is 487.